The van der Waals surface area contributed by atoms with E-state index in [4.69, 9.17) is 5.73 Å². The van der Waals surface area contributed by atoms with Crippen molar-refractivity contribution in [3.63, 3.8) is 0 Å². The lowest BCUT2D eigenvalue weighted by molar-refractivity contribution is -0.121. The first-order chi connectivity index (χ1) is 10.3. The molecule has 0 saturated carbocycles. The molecule has 0 bridgehead atoms. The molecule has 0 aliphatic heterocycles. The number of aryl methyl sites for hydroxylation is 1. The van der Waals surface area contributed by atoms with Crippen molar-refractivity contribution in [1.29, 1.82) is 0 Å². The molecule has 0 saturated heterocycles. The summed E-state index contributed by atoms with van der Waals surface area (Å²) in [7, 11) is 0. The van der Waals surface area contributed by atoms with Gasteiger partial charge in [0.15, 0.2) is 0 Å². The molecule has 120 valence electrons. The maximum atomic E-state index is 12.3. The SMILES string of the molecule is CCC(C)C(NC(=O)c1ccc(C)c(NC(C)=O)c1)C(N)=O. The Morgan fingerprint density at radius 2 is 1.91 bits per heavy atom. The molecule has 0 fully saturated rings. The topological polar surface area (TPSA) is 101 Å². The Hall–Kier alpha value is -2.37. The van der Waals surface area contributed by atoms with Crippen molar-refractivity contribution in [3.8, 4) is 0 Å². The highest BCUT2D eigenvalue weighted by molar-refractivity contribution is 5.99. The summed E-state index contributed by atoms with van der Waals surface area (Å²) >= 11 is 0. The molecule has 22 heavy (non-hydrogen) atoms. The van der Waals surface area contributed by atoms with Crippen LogP contribution in [-0.4, -0.2) is 23.8 Å². The zero-order valence-electron chi connectivity index (χ0n) is 13.4. The summed E-state index contributed by atoms with van der Waals surface area (Å²) in [4.78, 5) is 35.0. The van der Waals surface area contributed by atoms with E-state index in [0.29, 0.717) is 11.3 Å². The minimum atomic E-state index is -0.719. The number of hydrogen-bond donors (Lipinski definition) is 3. The monoisotopic (exact) mass is 305 g/mol. The third-order valence-electron chi connectivity index (χ3n) is 3.62. The van der Waals surface area contributed by atoms with Gasteiger partial charge in [0.25, 0.3) is 5.91 Å². The first kappa shape index (κ1) is 17.7. The zero-order valence-corrected chi connectivity index (χ0v) is 13.4. The van der Waals surface area contributed by atoms with Gasteiger partial charge in [-0.2, -0.15) is 0 Å². The number of rotatable bonds is 6. The fourth-order valence-electron chi connectivity index (χ4n) is 2.04. The van der Waals surface area contributed by atoms with E-state index in [1.54, 1.807) is 18.2 Å². The van der Waals surface area contributed by atoms with Crippen molar-refractivity contribution in [2.45, 2.75) is 40.2 Å². The Balaban J connectivity index is 2.97. The van der Waals surface area contributed by atoms with Crippen LogP contribution < -0.4 is 16.4 Å². The lowest BCUT2D eigenvalue weighted by atomic mass is 9.98. The second kappa shape index (κ2) is 7.59. The molecule has 0 aliphatic rings. The molecule has 0 radical (unpaired) electrons. The van der Waals surface area contributed by atoms with Crippen LogP contribution in [0.3, 0.4) is 0 Å². The summed E-state index contributed by atoms with van der Waals surface area (Å²) in [6.45, 7) is 7.01. The molecule has 3 amide bonds. The van der Waals surface area contributed by atoms with Gasteiger partial charge in [0.2, 0.25) is 11.8 Å². The van der Waals surface area contributed by atoms with E-state index < -0.39 is 17.9 Å². The molecule has 2 atom stereocenters. The molecule has 1 aromatic carbocycles. The van der Waals surface area contributed by atoms with Crippen LogP contribution in [0.2, 0.25) is 0 Å². The van der Waals surface area contributed by atoms with Crippen LogP contribution in [0.4, 0.5) is 5.69 Å². The van der Waals surface area contributed by atoms with Crippen LogP contribution >= 0.6 is 0 Å². The lowest BCUT2D eigenvalue weighted by Crippen LogP contribution is -2.48. The highest BCUT2D eigenvalue weighted by atomic mass is 16.2. The molecule has 0 heterocycles. The van der Waals surface area contributed by atoms with Gasteiger partial charge in [-0.1, -0.05) is 26.3 Å². The standard InChI is InChI=1S/C16H23N3O3/c1-5-9(2)14(15(17)21)19-16(22)12-7-6-10(3)13(8-12)18-11(4)20/h6-9,14H,5H2,1-4H3,(H2,17,21)(H,18,20)(H,19,22). The Labute approximate surface area is 130 Å². The van der Waals surface area contributed by atoms with Crippen LogP contribution in [0.25, 0.3) is 0 Å². The molecular weight excluding hydrogens is 282 g/mol. The van der Waals surface area contributed by atoms with Gasteiger partial charge in [-0.05, 0) is 30.5 Å². The molecule has 0 aliphatic carbocycles. The molecular formula is C16H23N3O3. The Morgan fingerprint density at radius 3 is 2.41 bits per heavy atom. The summed E-state index contributed by atoms with van der Waals surface area (Å²) in [5, 5.41) is 5.33. The molecule has 4 N–H and O–H groups in total. The smallest absolute Gasteiger partial charge is 0.252 e. The predicted molar refractivity (Wildman–Crippen MR) is 85.4 cm³/mol. The van der Waals surface area contributed by atoms with Crippen molar-refractivity contribution in [1.82, 2.24) is 5.32 Å². The fourth-order valence-corrected chi connectivity index (χ4v) is 2.04. The molecule has 0 aromatic heterocycles. The Morgan fingerprint density at radius 1 is 1.27 bits per heavy atom. The van der Waals surface area contributed by atoms with Gasteiger partial charge in [-0.25, -0.2) is 0 Å². The van der Waals surface area contributed by atoms with Crippen molar-refractivity contribution in [2.24, 2.45) is 11.7 Å². The largest absolute Gasteiger partial charge is 0.368 e. The molecule has 0 spiro atoms. The number of anilines is 1. The van der Waals surface area contributed by atoms with E-state index in [1.807, 2.05) is 20.8 Å². The van der Waals surface area contributed by atoms with Crippen molar-refractivity contribution >= 4 is 23.4 Å². The summed E-state index contributed by atoms with van der Waals surface area (Å²) in [5.74, 6) is -1.22. The van der Waals surface area contributed by atoms with Crippen molar-refractivity contribution in [3.05, 3.63) is 29.3 Å². The normalized spacial score (nSPS) is 13.1. The molecule has 1 rings (SSSR count). The summed E-state index contributed by atoms with van der Waals surface area (Å²) in [5.41, 5.74) is 7.13. The van der Waals surface area contributed by atoms with Gasteiger partial charge in [-0.3, -0.25) is 14.4 Å². The van der Waals surface area contributed by atoms with Gasteiger partial charge in [0, 0.05) is 18.2 Å². The highest BCUT2D eigenvalue weighted by Crippen LogP contribution is 2.17. The first-order valence-corrected chi connectivity index (χ1v) is 7.24. The Bertz CT molecular complexity index is 584. The van der Waals surface area contributed by atoms with Crippen LogP contribution in [0.15, 0.2) is 18.2 Å². The number of carbonyl (C=O) groups is 3. The average Bonchev–Trinajstić information content (AvgIpc) is 2.45. The predicted octanol–water partition coefficient (Wildman–Crippen LogP) is 1.58. The van der Waals surface area contributed by atoms with Gasteiger partial charge < -0.3 is 16.4 Å². The van der Waals surface area contributed by atoms with Crippen LogP contribution in [-0.2, 0) is 9.59 Å². The lowest BCUT2D eigenvalue weighted by Gasteiger charge is -2.21. The molecule has 6 heteroatoms. The fraction of sp³-hybridized carbons (Fsp3) is 0.438. The van der Waals surface area contributed by atoms with Crippen molar-refractivity contribution < 1.29 is 14.4 Å². The van der Waals surface area contributed by atoms with Crippen molar-refractivity contribution in [2.75, 3.05) is 5.32 Å². The van der Waals surface area contributed by atoms with Crippen LogP contribution in [0.5, 0.6) is 0 Å². The number of carbonyl (C=O) groups excluding carboxylic acids is 3. The average molecular weight is 305 g/mol. The first-order valence-electron chi connectivity index (χ1n) is 7.24. The molecule has 1 aromatic rings. The summed E-state index contributed by atoms with van der Waals surface area (Å²) in [6.07, 6.45) is 0.721. The summed E-state index contributed by atoms with van der Waals surface area (Å²) < 4.78 is 0. The van der Waals surface area contributed by atoms with E-state index >= 15 is 0 Å². The molecule has 2 unspecified atom stereocenters. The van der Waals surface area contributed by atoms with Gasteiger partial charge in [0.05, 0.1) is 0 Å². The number of benzene rings is 1. The second-order valence-electron chi connectivity index (χ2n) is 5.45. The highest BCUT2D eigenvalue weighted by Gasteiger charge is 2.24. The number of amides is 3. The minimum absolute atomic E-state index is 0.0540. The second-order valence-corrected chi connectivity index (χ2v) is 5.45. The van der Waals surface area contributed by atoms with Crippen LogP contribution in [0, 0.1) is 12.8 Å². The van der Waals surface area contributed by atoms with E-state index in [0.717, 1.165) is 12.0 Å². The zero-order chi connectivity index (χ0) is 16.9. The number of nitrogens with one attached hydrogen (secondary N) is 2. The number of nitrogens with two attached hydrogens (primary N) is 1. The summed E-state index contributed by atoms with van der Waals surface area (Å²) in [6, 6.07) is 4.25. The molecule has 6 nitrogen and oxygen atoms in total. The van der Waals surface area contributed by atoms with Gasteiger partial charge >= 0.3 is 0 Å². The van der Waals surface area contributed by atoms with E-state index in [9.17, 15) is 14.4 Å². The maximum Gasteiger partial charge on any atom is 0.252 e. The third-order valence-corrected chi connectivity index (χ3v) is 3.62. The van der Waals surface area contributed by atoms with Crippen LogP contribution in [0.1, 0.15) is 43.1 Å². The third kappa shape index (κ3) is 4.58. The van der Waals surface area contributed by atoms with E-state index in [-0.39, 0.29) is 11.8 Å². The van der Waals surface area contributed by atoms with E-state index in [2.05, 4.69) is 10.6 Å². The van der Waals surface area contributed by atoms with Gasteiger partial charge in [-0.15, -0.1) is 0 Å². The maximum absolute atomic E-state index is 12.3. The quantitative estimate of drug-likeness (QED) is 0.743. The van der Waals surface area contributed by atoms with Gasteiger partial charge in [0.1, 0.15) is 6.04 Å². The Kier molecular flexibility index (Phi) is 6.10. The van der Waals surface area contributed by atoms with E-state index in [1.165, 1.54) is 6.92 Å². The minimum Gasteiger partial charge on any atom is -0.368 e. The number of primary amides is 1. The number of hydrogen-bond acceptors (Lipinski definition) is 3.